The number of benzene rings is 1. The minimum absolute atomic E-state index is 0. The number of likely N-dealkylation sites (tertiary alicyclic amines) is 1. The predicted molar refractivity (Wildman–Crippen MR) is 113 cm³/mol. The van der Waals surface area contributed by atoms with Gasteiger partial charge in [-0.25, -0.2) is 0 Å². The van der Waals surface area contributed by atoms with Gasteiger partial charge in [0.1, 0.15) is 36.6 Å². The zero-order valence-corrected chi connectivity index (χ0v) is 21.4. The number of likely N-dealkylation sites (N-methyl/N-ethyl adjacent to an activating group) is 1. The average molecular weight is 500 g/mol. The van der Waals surface area contributed by atoms with E-state index in [-0.39, 0.29) is 41.5 Å². The zero-order valence-electron chi connectivity index (χ0n) is 22.4. The number of hydrogen-bond acceptors (Lipinski definition) is 10. The van der Waals surface area contributed by atoms with Crippen LogP contribution in [0.5, 0.6) is 11.5 Å². The number of carboxylic acids is 1. The molecule has 3 aliphatic heterocycles. The Bertz CT molecular complexity index is 1150. The van der Waals surface area contributed by atoms with E-state index in [2.05, 4.69) is 0 Å². The summed E-state index contributed by atoms with van der Waals surface area (Å²) in [7, 11) is 1.53. The van der Waals surface area contributed by atoms with Crippen molar-refractivity contribution in [1.82, 2.24) is 4.90 Å². The molecule has 1 aromatic rings. The molecule has 10 atom stereocenters. The van der Waals surface area contributed by atoms with Crippen molar-refractivity contribution in [2.24, 2.45) is 5.92 Å². The minimum Gasteiger partial charge on any atom is -0.547 e. The second-order valence-electron chi connectivity index (χ2n) is 9.65. The van der Waals surface area contributed by atoms with E-state index >= 15 is 0 Å². The van der Waals surface area contributed by atoms with Gasteiger partial charge in [0.05, 0.1) is 13.1 Å². The van der Waals surface area contributed by atoms with Crippen LogP contribution in [0.15, 0.2) is 24.3 Å². The van der Waals surface area contributed by atoms with Crippen molar-refractivity contribution in [1.29, 1.82) is 0 Å². The second-order valence-corrected chi connectivity index (χ2v) is 9.65. The first kappa shape index (κ1) is 21.8. The fourth-order valence-electron chi connectivity index (χ4n) is 6.62. The largest absolute Gasteiger partial charge is 1.00 e. The van der Waals surface area contributed by atoms with Gasteiger partial charge in [0.15, 0.2) is 17.8 Å². The molecule has 0 aromatic heterocycles. The number of aliphatic hydroxyl groups excluding tert-OH is 3. The molecule has 184 valence electrons. The molecule has 3 N–H and O–H groups in total. The summed E-state index contributed by atoms with van der Waals surface area (Å²) >= 11 is 0. The van der Waals surface area contributed by atoms with Crippen LogP contribution in [0, 0.1) is 5.92 Å². The van der Waals surface area contributed by atoms with Gasteiger partial charge in [-0.3, -0.25) is 0 Å². The summed E-state index contributed by atoms with van der Waals surface area (Å²) < 4.78 is 47.7. The Labute approximate surface area is 228 Å². The van der Waals surface area contributed by atoms with Gasteiger partial charge in [0.25, 0.3) is 0 Å². The first-order valence-electron chi connectivity index (χ1n) is 12.9. The maximum Gasteiger partial charge on any atom is 1.00 e. The van der Waals surface area contributed by atoms with E-state index in [0.717, 1.165) is 11.1 Å². The van der Waals surface area contributed by atoms with Crippen LogP contribution in [0.1, 0.15) is 21.7 Å². The van der Waals surface area contributed by atoms with E-state index in [1.54, 1.807) is 17.0 Å². The summed E-state index contributed by atoms with van der Waals surface area (Å²) in [6, 6.07) is 3.41. The predicted octanol–water partition coefficient (Wildman–Crippen LogP) is -4.91. The van der Waals surface area contributed by atoms with Crippen molar-refractivity contribution in [3.63, 3.8) is 0 Å². The third kappa shape index (κ3) is 3.46. The Kier molecular flexibility index (Phi) is 5.59. The van der Waals surface area contributed by atoms with E-state index in [1.165, 1.54) is 7.11 Å². The summed E-state index contributed by atoms with van der Waals surface area (Å²) in [5, 5.41) is 42.2. The number of rotatable bonds is 4. The van der Waals surface area contributed by atoms with Crippen LogP contribution < -0.4 is 44.1 Å². The summed E-state index contributed by atoms with van der Waals surface area (Å²) in [6.07, 6.45) is -5.93. The smallest absolute Gasteiger partial charge is 0.547 e. The van der Waals surface area contributed by atoms with Gasteiger partial charge in [0, 0.05) is 27.1 Å². The van der Waals surface area contributed by atoms with Crippen LogP contribution in [0.4, 0.5) is 0 Å². The Morgan fingerprint density at radius 1 is 1.26 bits per heavy atom. The zero-order chi connectivity index (χ0) is 26.4. The van der Waals surface area contributed by atoms with Crippen LogP contribution in [0.25, 0.3) is 0 Å². The molecule has 2 fully saturated rings. The molecule has 0 radical (unpaired) electrons. The van der Waals surface area contributed by atoms with Gasteiger partial charge in [-0.05, 0) is 38.0 Å². The van der Waals surface area contributed by atoms with E-state index in [4.69, 9.17) is 23.1 Å². The molecule has 6 rings (SSSR count). The number of carboxylic acid groups (broad SMARTS) is 1. The van der Waals surface area contributed by atoms with Crippen molar-refractivity contribution in [2.45, 2.75) is 67.2 Å². The number of carbonyl (C=O) groups excluding carboxylic acids is 1. The summed E-state index contributed by atoms with van der Waals surface area (Å²) in [6.45, 7) is -1.97. The Morgan fingerprint density at radius 3 is 2.77 bits per heavy atom. The van der Waals surface area contributed by atoms with E-state index in [0.29, 0.717) is 30.9 Å². The Hall–Kier alpha value is -1.21. The molecular weight excluding hydrogens is 469 g/mol. The molecule has 5 aliphatic rings. The van der Waals surface area contributed by atoms with Crippen LogP contribution in [-0.2, 0) is 26.1 Å². The van der Waals surface area contributed by atoms with Crippen molar-refractivity contribution >= 4 is 5.97 Å². The SMILES string of the molecule is [2H]C([2H])([2H])N1CC[C@]23c4c5ccc(OC)c4O[C@H]2[C@@H](O[C@@H]2O[C@H](C(=O)[O-])[C@@H](O)C(O)[C@H]2O)C=C[C@H]3[C@@H]1C5.[Na+]. The molecule has 2 aliphatic carbocycles. The molecule has 2 bridgehead atoms. The first-order chi connectivity index (χ1) is 17.5. The van der Waals surface area contributed by atoms with Crippen molar-refractivity contribution < 1.29 is 77.8 Å². The first-order valence-corrected chi connectivity index (χ1v) is 11.4. The topological polar surface area (TPSA) is 141 Å². The van der Waals surface area contributed by atoms with E-state index in [1.807, 2.05) is 12.1 Å². The average Bonchev–Trinajstić information content (AvgIpc) is 3.18. The normalized spacial score (nSPS) is 44.7. The number of aliphatic hydroxyl groups is 3. The number of methoxy groups -OCH3 is 1. The number of ether oxygens (including phenoxy) is 4. The van der Waals surface area contributed by atoms with Gasteiger partial charge in [-0.15, -0.1) is 0 Å². The quantitative estimate of drug-likeness (QED) is 0.272. The van der Waals surface area contributed by atoms with Crippen molar-refractivity contribution in [3.05, 3.63) is 35.4 Å². The van der Waals surface area contributed by atoms with E-state index < -0.39 is 61.3 Å². The van der Waals surface area contributed by atoms with Gasteiger partial charge < -0.3 is 49.1 Å². The van der Waals surface area contributed by atoms with Crippen LogP contribution in [0.2, 0.25) is 0 Å². The fraction of sp³-hybridized carbons (Fsp3) is 0.625. The van der Waals surface area contributed by atoms with Gasteiger partial charge in [0.2, 0.25) is 0 Å². The third-order valence-corrected chi connectivity index (χ3v) is 8.15. The van der Waals surface area contributed by atoms with Gasteiger partial charge >= 0.3 is 29.6 Å². The fourth-order valence-corrected chi connectivity index (χ4v) is 6.62. The molecule has 11 heteroatoms. The molecule has 10 nitrogen and oxygen atoms in total. The Morgan fingerprint density at radius 2 is 2.06 bits per heavy atom. The van der Waals surface area contributed by atoms with Crippen LogP contribution in [-0.4, -0.2) is 95.8 Å². The van der Waals surface area contributed by atoms with Crippen LogP contribution in [0.3, 0.4) is 0 Å². The summed E-state index contributed by atoms with van der Waals surface area (Å²) in [5.74, 6) is -0.883. The Balaban J connectivity index is 0.00000294. The number of nitrogens with zero attached hydrogens (tertiary/aromatic N) is 1. The molecule has 0 saturated carbocycles. The number of carbonyl (C=O) groups is 1. The maximum absolute atomic E-state index is 11.4. The summed E-state index contributed by atoms with van der Waals surface area (Å²) in [4.78, 5) is 13.0. The number of hydrogen-bond donors (Lipinski definition) is 3. The van der Waals surface area contributed by atoms with Crippen molar-refractivity contribution in [3.8, 4) is 11.5 Å². The van der Waals surface area contributed by atoms with Gasteiger partial charge in [-0.2, -0.15) is 0 Å². The third-order valence-electron chi connectivity index (χ3n) is 8.15. The monoisotopic (exact) mass is 500 g/mol. The molecule has 1 aromatic carbocycles. The summed E-state index contributed by atoms with van der Waals surface area (Å²) in [5.41, 5.74) is 1.26. The van der Waals surface area contributed by atoms with Crippen molar-refractivity contribution in [2.75, 3.05) is 20.6 Å². The molecule has 1 unspecified atom stereocenters. The van der Waals surface area contributed by atoms with E-state index in [9.17, 15) is 25.2 Å². The minimum atomic E-state index is -2.27. The number of aliphatic carboxylic acids is 1. The molecule has 1 spiro atoms. The molecular formula is C24H28NNaO9. The maximum atomic E-state index is 11.4. The standard InChI is InChI=1S/C24H29NO9.Na/c1-25-8-7-24-11-4-6-14(32-23-18(28)16(26)17(27)20(34-23)22(29)30)21(24)33-19-13(31-2)5-3-10(15(19)24)9-12(11)25;/h3-6,11-12,14,16-18,20-21,23,26-28H,7-9H2,1-2H3,(H,29,30);/q;+1/p-1/t11-,12-,14-,16?,17-,18+,20-,21-,23+,24-;/m0./s1/i1D3;. The molecule has 2 saturated heterocycles. The van der Waals surface area contributed by atoms with Gasteiger partial charge in [-0.1, -0.05) is 18.2 Å². The second kappa shape index (κ2) is 8.97. The molecule has 35 heavy (non-hydrogen) atoms. The molecule has 3 heterocycles. The van der Waals surface area contributed by atoms with Crippen LogP contribution >= 0.6 is 0 Å². The number of piperidine rings is 1. The molecule has 0 amide bonds.